The topological polar surface area (TPSA) is 49.3 Å². The highest BCUT2D eigenvalue weighted by atomic mass is 19.1. The molecule has 1 atom stereocenters. The van der Waals surface area contributed by atoms with E-state index in [4.69, 9.17) is 5.11 Å². The van der Waals surface area contributed by atoms with Crippen molar-refractivity contribution in [1.29, 1.82) is 0 Å². The predicted molar refractivity (Wildman–Crippen MR) is 55.0 cm³/mol. The van der Waals surface area contributed by atoms with Crippen molar-refractivity contribution in [2.45, 2.75) is 25.9 Å². The van der Waals surface area contributed by atoms with Crippen LogP contribution >= 0.6 is 0 Å². The Morgan fingerprint density at radius 3 is 2.73 bits per heavy atom. The molecule has 0 saturated heterocycles. The van der Waals surface area contributed by atoms with Gasteiger partial charge in [0.2, 0.25) is 0 Å². The molecule has 0 saturated carbocycles. The lowest BCUT2D eigenvalue weighted by molar-refractivity contribution is -0.139. The Labute approximate surface area is 87.9 Å². The van der Waals surface area contributed by atoms with Crippen LogP contribution in [0.2, 0.25) is 0 Å². The second kappa shape index (κ2) is 5.46. The van der Waals surface area contributed by atoms with E-state index in [1.807, 2.05) is 0 Å². The maximum Gasteiger partial charge on any atom is 0.320 e. The van der Waals surface area contributed by atoms with Gasteiger partial charge in [-0.3, -0.25) is 4.79 Å². The number of hydrogen-bond acceptors (Lipinski definition) is 2. The van der Waals surface area contributed by atoms with Crippen LogP contribution in [0.25, 0.3) is 0 Å². The number of nitrogens with one attached hydrogen (secondary N) is 1. The number of hydrogen-bond donors (Lipinski definition) is 2. The van der Waals surface area contributed by atoms with Crippen molar-refractivity contribution >= 4 is 5.97 Å². The van der Waals surface area contributed by atoms with Crippen LogP contribution in [-0.2, 0) is 11.3 Å². The van der Waals surface area contributed by atoms with E-state index < -0.39 is 12.0 Å². The molecule has 0 radical (unpaired) electrons. The molecule has 1 unspecified atom stereocenters. The summed E-state index contributed by atoms with van der Waals surface area (Å²) in [7, 11) is 0. The van der Waals surface area contributed by atoms with E-state index >= 15 is 0 Å². The van der Waals surface area contributed by atoms with E-state index in [9.17, 15) is 9.18 Å². The van der Waals surface area contributed by atoms with Crippen LogP contribution < -0.4 is 5.32 Å². The average Bonchev–Trinajstić information content (AvgIpc) is 2.21. The molecule has 3 nitrogen and oxygen atoms in total. The summed E-state index contributed by atoms with van der Waals surface area (Å²) in [6.07, 6.45) is 0.476. The van der Waals surface area contributed by atoms with Crippen LogP contribution in [-0.4, -0.2) is 17.1 Å². The Morgan fingerprint density at radius 2 is 2.20 bits per heavy atom. The normalized spacial score (nSPS) is 12.4. The molecular formula is C11H14FNO2. The van der Waals surface area contributed by atoms with E-state index in [-0.39, 0.29) is 12.4 Å². The molecule has 0 aliphatic heterocycles. The van der Waals surface area contributed by atoms with Gasteiger partial charge >= 0.3 is 5.97 Å². The summed E-state index contributed by atoms with van der Waals surface area (Å²) in [6.45, 7) is 2.00. The molecule has 0 amide bonds. The molecule has 0 bridgehead atoms. The summed E-state index contributed by atoms with van der Waals surface area (Å²) in [5.41, 5.74) is 0.484. The van der Waals surface area contributed by atoms with Crippen molar-refractivity contribution in [3.05, 3.63) is 35.6 Å². The van der Waals surface area contributed by atoms with Crippen molar-refractivity contribution < 1.29 is 14.3 Å². The van der Waals surface area contributed by atoms with Crippen LogP contribution in [0.4, 0.5) is 4.39 Å². The Morgan fingerprint density at radius 1 is 1.53 bits per heavy atom. The Hall–Kier alpha value is -1.42. The van der Waals surface area contributed by atoms with E-state index in [1.54, 1.807) is 25.1 Å². The Bertz CT molecular complexity index is 341. The zero-order chi connectivity index (χ0) is 11.3. The summed E-state index contributed by atoms with van der Waals surface area (Å²) < 4.78 is 13.2. The van der Waals surface area contributed by atoms with Crippen LogP contribution in [0.5, 0.6) is 0 Å². The molecule has 0 spiro atoms. The number of carboxylic acids is 1. The summed E-state index contributed by atoms with van der Waals surface area (Å²) in [5, 5.41) is 11.6. The summed E-state index contributed by atoms with van der Waals surface area (Å²) in [6, 6.07) is 5.70. The predicted octanol–water partition coefficient (Wildman–Crippen LogP) is 1.78. The van der Waals surface area contributed by atoms with Gasteiger partial charge in [-0.2, -0.15) is 0 Å². The zero-order valence-corrected chi connectivity index (χ0v) is 8.53. The molecule has 0 heterocycles. The number of rotatable bonds is 5. The molecule has 0 aliphatic rings. The SMILES string of the molecule is CCC(NCc1ccccc1F)C(=O)O. The van der Waals surface area contributed by atoms with E-state index in [1.165, 1.54) is 6.07 Å². The van der Waals surface area contributed by atoms with Gasteiger partial charge in [0.05, 0.1) is 0 Å². The molecule has 0 aliphatic carbocycles. The highest BCUT2D eigenvalue weighted by molar-refractivity contribution is 5.73. The lowest BCUT2D eigenvalue weighted by Crippen LogP contribution is -2.35. The highest BCUT2D eigenvalue weighted by Crippen LogP contribution is 2.06. The molecule has 0 aromatic heterocycles. The summed E-state index contributed by atoms with van der Waals surface area (Å²) >= 11 is 0. The maximum absolute atomic E-state index is 13.2. The third-order valence-corrected chi connectivity index (χ3v) is 2.20. The fourth-order valence-corrected chi connectivity index (χ4v) is 1.28. The van der Waals surface area contributed by atoms with Gasteiger partial charge in [-0.15, -0.1) is 0 Å². The first-order chi connectivity index (χ1) is 7.15. The van der Waals surface area contributed by atoms with Gasteiger partial charge in [0.25, 0.3) is 0 Å². The third kappa shape index (κ3) is 3.32. The van der Waals surface area contributed by atoms with Gasteiger partial charge in [0.15, 0.2) is 0 Å². The number of carboxylic acid groups (broad SMARTS) is 1. The summed E-state index contributed by atoms with van der Waals surface area (Å²) in [5.74, 6) is -1.22. The van der Waals surface area contributed by atoms with Crippen LogP contribution in [0.1, 0.15) is 18.9 Å². The monoisotopic (exact) mass is 211 g/mol. The number of carbonyl (C=O) groups is 1. The van der Waals surface area contributed by atoms with Gasteiger partial charge in [-0.1, -0.05) is 25.1 Å². The summed E-state index contributed by atoms with van der Waals surface area (Å²) in [4.78, 5) is 10.7. The maximum atomic E-state index is 13.2. The smallest absolute Gasteiger partial charge is 0.320 e. The quantitative estimate of drug-likeness (QED) is 0.780. The van der Waals surface area contributed by atoms with Crippen LogP contribution in [0.15, 0.2) is 24.3 Å². The van der Waals surface area contributed by atoms with Crippen LogP contribution in [0.3, 0.4) is 0 Å². The zero-order valence-electron chi connectivity index (χ0n) is 8.53. The van der Waals surface area contributed by atoms with Crippen molar-refractivity contribution in [3.63, 3.8) is 0 Å². The van der Waals surface area contributed by atoms with Gasteiger partial charge in [0.1, 0.15) is 11.9 Å². The molecule has 15 heavy (non-hydrogen) atoms. The molecule has 1 aromatic rings. The van der Waals surface area contributed by atoms with Crippen molar-refractivity contribution in [2.75, 3.05) is 0 Å². The molecule has 1 rings (SSSR count). The van der Waals surface area contributed by atoms with Crippen molar-refractivity contribution in [1.82, 2.24) is 5.32 Å². The van der Waals surface area contributed by atoms with Crippen molar-refractivity contribution in [2.24, 2.45) is 0 Å². The molecule has 82 valence electrons. The highest BCUT2D eigenvalue weighted by Gasteiger charge is 2.14. The number of aliphatic carboxylic acids is 1. The van der Waals surface area contributed by atoms with E-state index in [2.05, 4.69) is 5.32 Å². The molecule has 4 heteroatoms. The minimum absolute atomic E-state index is 0.234. The molecule has 0 fully saturated rings. The van der Waals surface area contributed by atoms with E-state index in [0.29, 0.717) is 12.0 Å². The Balaban J connectivity index is 2.56. The third-order valence-electron chi connectivity index (χ3n) is 2.20. The fourth-order valence-electron chi connectivity index (χ4n) is 1.28. The molecular weight excluding hydrogens is 197 g/mol. The lowest BCUT2D eigenvalue weighted by atomic mass is 10.2. The largest absolute Gasteiger partial charge is 0.480 e. The minimum Gasteiger partial charge on any atom is -0.480 e. The van der Waals surface area contributed by atoms with Gasteiger partial charge < -0.3 is 10.4 Å². The first-order valence-corrected chi connectivity index (χ1v) is 4.84. The van der Waals surface area contributed by atoms with Crippen molar-refractivity contribution in [3.8, 4) is 0 Å². The minimum atomic E-state index is -0.908. The number of halogens is 1. The second-order valence-corrected chi connectivity index (χ2v) is 3.27. The fraction of sp³-hybridized carbons (Fsp3) is 0.364. The Kier molecular flexibility index (Phi) is 4.24. The standard InChI is InChI=1S/C11H14FNO2/c1-2-10(11(14)15)13-7-8-5-3-4-6-9(8)12/h3-6,10,13H,2,7H2,1H3,(H,14,15). The first-order valence-electron chi connectivity index (χ1n) is 4.84. The molecule has 1 aromatic carbocycles. The van der Waals surface area contributed by atoms with Crippen LogP contribution in [0, 0.1) is 5.82 Å². The number of benzene rings is 1. The lowest BCUT2D eigenvalue weighted by Gasteiger charge is -2.12. The van der Waals surface area contributed by atoms with Gasteiger partial charge in [0, 0.05) is 12.1 Å². The van der Waals surface area contributed by atoms with Gasteiger partial charge in [-0.25, -0.2) is 4.39 Å². The molecule has 2 N–H and O–H groups in total. The first kappa shape index (κ1) is 11.7. The average molecular weight is 211 g/mol. The van der Waals surface area contributed by atoms with Gasteiger partial charge in [-0.05, 0) is 12.5 Å². The van der Waals surface area contributed by atoms with E-state index in [0.717, 1.165) is 0 Å². The second-order valence-electron chi connectivity index (χ2n) is 3.27.